The SMILES string of the molecule is O=C(N[C@@H]([NH+]1CCOCC1)C(Cl)(Cl)Cl)c1ccc([N+](=O)[O-])cc1. The van der Waals surface area contributed by atoms with Gasteiger partial charge >= 0.3 is 0 Å². The molecule has 1 aliphatic rings. The maximum absolute atomic E-state index is 12.3. The van der Waals surface area contributed by atoms with Gasteiger partial charge in [-0.2, -0.15) is 0 Å². The van der Waals surface area contributed by atoms with Crippen molar-refractivity contribution in [1.29, 1.82) is 0 Å². The van der Waals surface area contributed by atoms with Crippen molar-refractivity contribution in [1.82, 2.24) is 5.32 Å². The highest BCUT2D eigenvalue weighted by Crippen LogP contribution is 2.28. The fourth-order valence-corrected chi connectivity index (χ4v) is 2.91. The number of non-ortho nitro benzene ring substituents is 1. The van der Waals surface area contributed by atoms with Crippen LogP contribution in [0.2, 0.25) is 0 Å². The fourth-order valence-electron chi connectivity index (χ4n) is 2.29. The average Bonchev–Trinajstić information content (AvgIpc) is 2.52. The molecule has 1 fully saturated rings. The van der Waals surface area contributed by atoms with Crippen molar-refractivity contribution in [2.75, 3.05) is 26.3 Å². The highest BCUT2D eigenvalue weighted by atomic mass is 35.6. The van der Waals surface area contributed by atoms with Crippen molar-refractivity contribution < 1.29 is 19.4 Å². The smallest absolute Gasteiger partial charge is 0.269 e. The van der Waals surface area contributed by atoms with Crippen molar-refractivity contribution in [3.05, 3.63) is 39.9 Å². The Morgan fingerprint density at radius 3 is 2.30 bits per heavy atom. The van der Waals surface area contributed by atoms with Crippen LogP contribution in [0.5, 0.6) is 0 Å². The number of carbonyl (C=O) groups excluding carboxylic acids is 1. The van der Waals surface area contributed by atoms with Crippen LogP contribution in [0.3, 0.4) is 0 Å². The molecule has 0 radical (unpaired) electrons. The number of nitrogens with one attached hydrogen (secondary N) is 2. The number of hydrogen-bond donors (Lipinski definition) is 2. The number of rotatable bonds is 4. The molecular weight excluding hydrogens is 369 g/mol. The topological polar surface area (TPSA) is 85.9 Å². The number of alkyl halides is 3. The number of benzene rings is 1. The zero-order valence-corrected chi connectivity index (χ0v) is 14.2. The number of morpholine rings is 1. The molecule has 23 heavy (non-hydrogen) atoms. The van der Waals surface area contributed by atoms with Gasteiger partial charge in [-0.15, -0.1) is 0 Å². The summed E-state index contributed by atoms with van der Waals surface area (Å²) in [5.74, 6) is -0.463. The molecule has 0 aliphatic carbocycles. The van der Waals surface area contributed by atoms with Gasteiger partial charge in [0.15, 0.2) is 0 Å². The molecule has 1 heterocycles. The maximum Gasteiger partial charge on any atom is 0.269 e. The Kier molecular flexibility index (Phi) is 6.05. The molecule has 1 aromatic carbocycles. The summed E-state index contributed by atoms with van der Waals surface area (Å²) in [5, 5.41) is 13.3. The summed E-state index contributed by atoms with van der Waals surface area (Å²) in [6.07, 6.45) is -0.751. The van der Waals surface area contributed by atoms with E-state index in [1.54, 1.807) is 0 Å². The first kappa shape index (κ1) is 18.2. The molecule has 1 aliphatic heterocycles. The van der Waals surface area contributed by atoms with Crippen molar-refractivity contribution in [3.8, 4) is 0 Å². The van der Waals surface area contributed by atoms with Crippen molar-refractivity contribution >= 4 is 46.4 Å². The number of nitro groups is 1. The quantitative estimate of drug-likeness (QED) is 0.460. The Bertz CT molecular complexity index is 571. The Balaban J connectivity index is 2.11. The molecule has 2 N–H and O–H groups in total. The summed E-state index contributed by atoms with van der Waals surface area (Å²) >= 11 is 18.0. The van der Waals surface area contributed by atoms with Gasteiger partial charge in [0.1, 0.15) is 13.1 Å². The number of quaternary nitrogens is 1. The molecule has 1 amide bonds. The number of nitro benzene ring substituents is 1. The Hall–Kier alpha value is -1.12. The molecule has 1 aromatic rings. The molecule has 126 valence electrons. The first-order valence-corrected chi connectivity index (χ1v) is 7.97. The van der Waals surface area contributed by atoms with Crippen LogP contribution < -0.4 is 10.2 Å². The van der Waals surface area contributed by atoms with E-state index in [-0.39, 0.29) is 11.3 Å². The van der Waals surface area contributed by atoms with Gasteiger partial charge < -0.3 is 9.64 Å². The van der Waals surface area contributed by atoms with Crippen LogP contribution in [0, 0.1) is 10.1 Å². The highest BCUT2D eigenvalue weighted by Gasteiger charge is 2.42. The summed E-state index contributed by atoms with van der Waals surface area (Å²) in [6, 6.07) is 5.22. The van der Waals surface area contributed by atoms with Crippen LogP contribution in [0.1, 0.15) is 10.4 Å². The molecule has 1 atom stereocenters. The second kappa shape index (κ2) is 7.63. The molecule has 10 heteroatoms. The van der Waals surface area contributed by atoms with Crippen LogP contribution in [0.15, 0.2) is 24.3 Å². The number of nitrogens with zero attached hydrogens (tertiary/aromatic N) is 1. The zero-order valence-electron chi connectivity index (χ0n) is 11.9. The predicted octanol–water partition coefficient (Wildman–Crippen LogP) is 0.936. The first-order valence-electron chi connectivity index (χ1n) is 6.83. The molecule has 0 unspecified atom stereocenters. The van der Waals surface area contributed by atoms with Crippen molar-refractivity contribution in [3.63, 3.8) is 0 Å². The second-order valence-corrected chi connectivity index (χ2v) is 7.39. The number of ether oxygens (including phenoxy) is 1. The minimum Gasteiger partial charge on any atom is -0.370 e. The van der Waals surface area contributed by atoms with Gasteiger partial charge in [0, 0.05) is 17.7 Å². The summed E-state index contributed by atoms with van der Waals surface area (Å²) in [7, 11) is 0. The second-order valence-electron chi connectivity index (χ2n) is 5.02. The Morgan fingerprint density at radius 2 is 1.83 bits per heavy atom. The van der Waals surface area contributed by atoms with E-state index in [0.29, 0.717) is 26.3 Å². The molecule has 0 aromatic heterocycles. The molecular formula is C13H15Cl3N3O4+. The summed E-state index contributed by atoms with van der Waals surface area (Å²) in [6.45, 7) is 2.22. The summed E-state index contributed by atoms with van der Waals surface area (Å²) in [5.41, 5.74) is 0.154. The Labute approximate surface area is 147 Å². The molecule has 1 saturated heterocycles. The van der Waals surface area contributed by atoms with Crippen LogP contribution in [0.25, 0.3) is 0 Å². The number of amides is 1. The first-order chi connectivity index (χ1) is 10.8. The number of hydrogen-bond acceptors (Lipinski definition) is 4. The van der Waals surface area contributed by atoms with E-state index in [4.69, 9.17) is 39.5 Å². The van der Waals surface area contributed by atoms with E-state index in [9.17, 15) is 14.9 Å². The van der Waals surface area contributed by atoms with Gasteiger partial charge in [0.25, 0.3) is 15.4 Å². The van der Waals surface area contributed by atoms with Crippen LogP contribution in [-0.4, -0.2) is 47.1 Å². The minimum absolute atomic E-state index is 0.0988. The van der Waals surface area contributed by atoms with E-state index in [2.05, 4.69) is 5.32 Å². The number of halogens is 3. The third kappa shape index (κ3) is 4.92. The predicted molar refractivity (Wildman–Crippen MR) is 86.2 cm³/mol. The zero-order chi connectivity index (χ0) is 17.0. The number of carbonyl (C=O) groups is 1. The highest BCUT2D eigenvalue weighted by molar-refractivity contribution is 6.68. The normalized spacial score (nSPS) is 17.5. The monoisotopic (exact) mass is 382 g/mol. The average molecular weight is 384 g/mol. The van der Waals surface area contributed by atoms with E-state index in [1.807, 2.05) is 0 Å². The summed E-state index contributed by atoms with van der Waals surface area (Å²) in [4.78, 5) is 23.3. The lowest BCUT2D eigenvalue weighted by Crippen LogP contribution is -3.21. The molecule has 7 nitrogen and oxygen atoms in total. The van der Waals surface area contributed by atoms with E-state index >= 15 is 0 Å². The van der Waals surface area contributed by atoms with Gasteiger partial charge in [-0.3, -0.25) is 20.2 Å². The largest absolute Gasteiger partial charge is 0.370 e. The van der Waals surface area contributed by atoms with Gasteiger partial charge in [0.05, 0.1) is 18.1 Å². The van der Waals surface area contributed by atoms with Crippen LogP contribution >= 0.6 is 34.8 Å². The standard InChI is InChI=1S/C13H14Cl3N3O4/c14-13(15,16)12(18-5-7-23-8-6-18)17-11(20)9-1-3-10(4-2-9)19(21)22/h1-4,12H,5-8H2,(H,17,20)/p+1/t12-/m0/s1. The van der Waals surface area contributed by atoms with Gasteiger partial charge in [-0.25, -0.2) is 0 Å². The van der Waals surface area contributed by atoms with Crippen LogP contribution in [0.4, 0.5) is 5.69 Å². The molecule has 2 rings (SSSR count). The van der Waals surface area contributed by atoms with Crippen molar-refractivity contribution in [2.45, 2.75) is 9.96 Å². The lowest BCUT2D eigenvalue weighted by atomic mass is 10.2. The summed E-state index contributed by atoms with van der Waals surface area (Å²) < 4.78 is 3.57. The Morgan fingerprint density at radius 1 is 1.26 bits per heavy atom. The van der Waals surface area contributed by atoms with Gasteiger partial charge in [0.2, 0.25) is 6.17 Å². The fraction of sp³-hybridized carbons (Fsp3) is 0.462. The van der Waals surface area contributed by atoms with E-state index in [0.717, 1.165) is 4.90 Å². The lowest BCUT2D eigenvalue weighted by Gasteiger charge is -2.35. The lowest BCUT2D eigenvalue weighted by molar-refractivity contribution is -0.934. The van der Waals surface area contributed by atoms with Crippen molar-refractivity contribution in [2.24, 2.45) is 0 Å². The van der Waals surface area contributed by atoms with E-state index in [1.165, 1.54) is 24.3 Å². The van der Waals surface area contributed by atoms with E-state index < -0.39 is 20.8 Å². The maximum atomic E-state index is 12.3. The minimum atomic E-state index is -1.69. The van der Waals surface area contributed by atoms with Gasteiger partial charge in [-0.05, 0) is 12.1 Å². The third-order valence-electron chi connectivity index (χ3n) is 3.49. The third-order valence-corrected chi connectivity index (χ3v) is 4.14. The molecule has 0 bridgehead atoms. The molecule has 0 spiro atoms. The van der Waals surface area contributed by atoms with Gasteiger partial charge in [-0.1, -0.05) is 34.8 Å². The van der Waals surface area contributed by atoms with Crippen LogP contribution in [-0.2, 0) is 4.74 Å². The molecule has 0 saturated carbocycles.